The van der Waals surface area contributed by atoms with Gasteiger partial charge in [-0.2, -0.15) is 0 Å². The van der Waals surface area contributed by atoms with Crippen molar-refractivity contribution in [2.45, 2.75) is 43.5 Å². The van der Waals surface area contributed by atoms with Crippen LogP contribution in [0.2, 0.25) is 0 Å². The van der Waals surface area contributed by atoms with Crippen LogP contribution in [0.15, 0.2) is 53.0 Å². The number of benzene rings is 1. The first-order valence-electron chi connectivity index (χ1n) is 10.2. The third-order valence-corrected chi connectivity index (χ3v) is 7.47. The van der Waals surface area contributed by atoms with Gasteiger partial charge in [-0.25, -0.2) is 18.1 Å². The lowest BCUT2D eigenvalue weighted by molar-refractivity contribution is 0.0952. The number of hydrogen-bond acceptors (Lipinski definition) is 6. The van der Waals surface area contributed by atoms with Gasteiger partial charge < -0.3 is 5.32 Å². The van der Waals surface area contributed by atoms with Gasteiger partial charge in [-0.15, -0.1) is 11.3 Å². The van der Waals surface area contributed by atoms with Crippen molar-refractivity contribution in [2.24, 2.45) is 0 Å². The van der Waals surface area contributed by atoms with E-state index in [1.807, 2.05) is 17.5 Å². The highest BCUT2D eigenvalue weighted by Crippen LogP contribution is 2.24. The zero-order valence-electron chi connectivity index (χ0n) is 17.2. The van der Waals surface area contributed by atoms with Crippen LogP contribution in [0, 0.1) is 6.92 Å². The lowest BCUT2D eigenvalue weighted by Gasteiger charge is -2.11. The molecule has 0 bridgehead atoms. The molecule has 0 atom stereocenters. The van der Waals surface area contributed by atoms with Crippen LogP contribution in [0.5, 0.6) is 0 Å². The molecule has 1 fully saturated rings. The molecule has 1 saturated carbocycles. The van der Waals surface area contributed by atoms with Gasteiger partial charge in [-0.05, 0) is 56.0 Å². The van der Waals surface area contributed by atoms with Crippen molar-refractivity contribution in [1.82, 2.24) is 20.0 Å². The molecule has 31 heavy (non-hydrogen) atoms. The van der Waals surface area contributed by atoms with Crippen LogP contribution < -0.4 is 10.0 Å². The summed E-state index contributed by atoms with van der Waals surface area (Å²) < 4.78 is 27.5. The molecule has 1 aliphatic carbocycles. The molecule has 0 aliphatic heterocycles. The highest BCUT2D eigenvalue weighted by Gasteiger charge is 2.28. The van der Waals surface area contributed by atoms with Gasteiger partial charge in [0.25, 0.3) is 5.91 Å². The van der Waals surface area contributed by atoms with Crippen LogP contribution in [0.3, 0.4) is 0 Å². The lowest BCUT2D eigenvalue weighted by atomic mass is 10.1. The SMILES string of the molecule is Cc1ccc(S(=O)(=O)NC2CC2)cc1C(=O)NCCCc1nc(-c2ccncc2)cs1. The molecule has 0 radical (unpaired) electrons. The molecule has 2 aromatic heterocycles. The standard InChI is InChI=1S/C22H24N4O3S2/c1-15-4-7-18(31(28,29)26-17-5-6-17)13-19(15)22(27)24-10-2-3-21-25-20(14-30-21)16-8-11-23-12-9-16/h4,7-9,11-14,17,26H,2-3,5-6,10H2,1H3,(H,24,27). The third kappa shape index (κ3) is 5.55. The average Bonchev–Trinajstić information content (AvgIpc) is 3.44. The number of rotatable bonds is 9. The molecule has 4 rings (SSSR count). The molecule has 2 N–H and O–H groups in total. The molecule has 162 valence electrons. The summed E-state index contributed by atoms with van der Waals surface area (Å²) in [4.78, 5) is 21.4. The third-order valence-electron chi connectivity index (χ3n) is 5.04. The smallest absolute Gasteiger partial charge is 0.251 e. The van der Waals surface area contributed by atoms with Crippen LogP contribution in [0.4, 0.5) is 0 Å². The van der Waals surface area contributed by atoms with Gasteiger partial charge >= 0.3 is 0 Å². The van der Waals surface area contributed by atoms with Crippen molar-refractivity contribution < 1.29 is 13.2 Å². The monoisotopic (exact) mass is 456 g/mol. The Hall–Kier alpha value is -2.62. The normalized spacial score (nSPS) is 13.8. The summed E-state index contributed by atoms with van der Waals surface area (Å²) in [5.74, 6) is -0.266. The number of nitrogens with one attached hydrogen (secondary N) is 2. The number of carbonyl (C=O) groups is 1. The fraction of sp³-hybridized carbons (Fsp3) is 0.318. The Balaban J connectivity index is 1.32. The lowest BCUT2D eigenvalue weighted by Crippen LogP contribution is -2.28. The first-order valence-corrected chi connectivity index (χ1v) is 12.5. The Morgan fingerprint density at radius 1 is 1.19 bits per heavy atom. The van der Waals surface area contributed by atoms with E-state index < -0.39 is 10.0 Å². The quantitative estimate of drug-likeness (QED) is 0.481. The van der Waals surface area contributed by atoms with Crippen LogP contribution >= 0.6 is 11.3 Å². The molecule has 0 saturated heterocycles. The van der Waals surface area contributed by atoms with Crippen molar-refractivity contribution in [1.29, 1.82) is 0 Å². The summed E-state index contributed by atoms with van der Waals surface area (Å²) in [6.07, 6.45) is 6.72. The van der Waals surface area contributed by atoms with Gasteiger partial charge in [-0.3, -0.25) is 9.78 Å². The van der Waals surface area contributed by atoms with Gasteiger partial charge in [0.1, 0.15) is 0 Å². The second-order valence-corrected chi connectivity index (χ2v) is 10.3. The molecule has 1 aromatic carbocycles. The van der Waals surface area contributed by atoms with E-state index in [2.05, 4.69) is 20.0 Å². The number of amides is 1. The predicted molar refractivity (Wildman–Crippen MR) is 121 cm³/mol. The number of carbonyl (C=O) groups excluding carboxylic acids is 1. The zero-order chi connectivity index (χ0) is 21.8. The molecular formula is C22H24N4O3S2. The highest BCUT2D eigenvalue weighted by atomic mass is 32.2. The maximum absolute atomic E-state index is 12.6. The van der Waals surface area contributed by atoms with E-state index in [0.29, 0.717) is 12.1 Å². The zero-order valence-corrected chi connectivity index (χ0v) is 18.8. The van der Waals surface area contributed by atoms with Crippen molar-refractivity contribution in [3.63, 3.8) is 0 Å². The largest absolute Gasteiger partial charge is 0.352 e. The molecule has 1 aliphatic rings. The van der Waals surface area contributed by atoms with E-state index in [4.69, 9.17) is 0 Å². The molecule has 7 nitrogen and oxygen atoms in total. The highest BCUT2D eigenvalue weighted by molar-refractivity contribution is 7.89. The molecular weight excluding hydrogens is 432 g/mol. The van der Waals surface area contributed by atoms with Crippen LogP contribution in [-0.4, -0.2) is 36.9 Å². The Bertz CT molecular complexity index is 1170. The van der Waals surface area contributed by atoms with Crippen molar-refractivity contribution in [3.8, 4) is 11.3 Å². The van der Waals surface area contributed by atoms with Crippen molar-refractivity contribution in [2.75, 3.05) is 6.54 Å². The summed E-state index contributed by atoms with van der Waals surface area (Å²) in [5.41, 5.74) is 3.09. The summed E-state index contributed by atoms with van der Waals surface area (Å²) in [6, 6.07) is 8.54. The minimum atomic E-state index is -3.59. The fourth-order valence-corrected chi connectivity index (χ4v) is 5.30. The Labute approximate surface area is 186 Å². The summed E-state index contributed by atoms with van der Waals surface area (Å²) in [5, 5.41) is 5.93. The minimum Gasteiger partial charge on any atom is -0.352 e. The topological polar surface area (TPSA) is 101 Å². The number of hydrogen-bond donors (Lipinski definition) is 2. The maximum atomic E-state index is 12.6. The number of sulfonamides is 1. The number of nitrogens with zero attached hydrogens (tertiary/aromatic N) is 2. The molecule has 3 aromatic rings. The molecule has 1 amide bonds. The van der Waals surface area contributed by atoms with E-state index in [9.17, 15) is 13.2 Å². The summed E-state index contributed by atoms with van der Waals surface area (Å²) >= 11 is 1.60. The van der Waals surface area contributed by atoms with Crippen molar-refractivity contribution in [3.05, 3.63) is 64.2 Å². The molecule has 2 heterocycles. The van der Waals surface area contributed by atoms with E-state index in [0.717, 1.165) is 47.5 Å². The maximum Gasteiger partial charge on any atom is 0.251 e. The fourth-order valence-electron chi connectivity index (χ4n) is 3.12. The second-order valence-electron chi connectivity index (χ2n) is 7.59. The van der Waals surface area contributed by atoms with Crippen LogP contribution in [0.1, 0.15) is 40.2 Å². The predicted octanol–water partition coefficient (Wildman–Crippen LogP) is 3.32. The van der Waals surface area contributed by atoms with Crippen LogP contribution in [0.25, 0.3) is 11.3 Å². The minimum absolute atomic E-state index is 0.0218. The van der Waals surface area contributed by atoms with Gasteiger partial charge in [0.2, 0.25) is 10.0 Å². The molecule has 0 spiro atoms. The Morgan fingerprint density at radius 3 is 2.71 bits per heavy atom. The first kappa shape index (κ1) is 21.6. The van der Waals surface area contributed by atoms with Gasteiger partial charge in [-0.1, -0.05) is 6.07 Å². The van der Waals surface area contributed by atoms with E-state index in [1.165, 1.54) is 6.07 Å². The summed E-state index contributed by atoms with van der Waals surface area (Å²) in [7, 11) is -3.59. The van der Waals surface area contributed by atoms with Crippen LogP contribution in [-0.2, 0) is 16.4 Å². The second kappa shape index (κ2) is 9.25. The average molecular weight is 457 g/mol. The number of aryl methyl sites for hydroxylation is 2. The van der Waals surface area contributed by atoms with E-state index >= 15 is 0 Å². The van der Waals surface area contributed by atoms with Gasteiger partial charge in [0.15, 0.2) is 0 Å². The Morgan fingerprint density at radius 2 is 1.97 bits per heavy atom. The van der Waals surface area contributed by atoms with Crippen molar-refractivity contribution >= 4 is 27.3 Å². The molecule has 9 heteroatoms. The Kier molecular flexibility index (Phi) is 6.45. The number of pyridine rings is 1. The molecule has 0 unspecified atom stereocenters. The number of aromatic nitrogens is 2. The van der Waals surface area contributed by atoms with Gasteiger partial charge in [0.05, 0.1) is 15.6 Å². The van der Waals surface area contributed by atoms with E-state index in [1.54, 1.807) is 42.8 Å². The van der Waals surface area contributed by atoms with Gasteiger partial charge in [0, 0.05) is 47.9 Å². The first-order chi connectivity index (χ1) is 14.9. The summed E-state index contributed by atoms with van der Waals surface area (Å²) in [6.45, 7) is 2.29. The van der Waals surface area contributed by atoms with E-state index in [-0.39, 0.29) is 16.8 Å². The number of thiazole rings is 1.